The van der Waals surface area contributed by atoms with Gasteiger partial charge in [0.15, 0.2) is 0 Å². The van der Waals surface area contributed by atoms with E-state index in [0.717, 1.165) is 18.4 Å². The second-order valence-electron chi connectivity index (χ2n) is 7.64. The van der Waals surface area contributed by atoms with Crippen LogP contribution in [0.4, 0.5) is 0 Å². The summed E-state index contributed by atoms with van der Waals surface area (Å²) in [7, 11) is -3.20. The van der Waals surface area contributed by atoms with Crippen molar-refractivity contribution in [3.05, 3.63) is 41.7 Å². The number of carbonyl (C=O) groups excluding carboxylic acids is 1. The van der Waals surface area contributed by atoms with Crippen LogP contribution in [0.2, 0.25) is 0 Å². The molecule has 2 aromatic rings. The van der Waals surface area contributed by atoms with Gasteiger partial charge in [0.1, 0.15) is 17.0 Å². The molecule has 1 aliphatic heterocycles. The molecular weight excluding hydrogens is 378 g/mol. The average Bonchev–Trinajstić information content (AvgIpc) is 3.17. The summed E-state index contributed by atoms with van der Waals surface area (Å²) in [5.41, 5.74) is 1.82. The number of piperidine rings is 1. The van der Waals surface area contributed by atoms with Gasteiger partial charge in [0.25, 0.3) is 5.91 Å². The molecular formula is C20H25N3O4S. The van der Waals surface area contributed by atoms with Crippen LogP contribution in [0.1, 0.15) is 35.9 Å². The molecule has 0 radical (unpaired) electrons. The molecule has 1 aromatic heterocycles. The summed E-state index contributed by atoms with van der Waals surface area (Å²) in [5.74, 6) is 0.679. The van der Waals surface area contributed by atoms with Gasteiger partial charge >= 0.3 is 0 Å². The van der Waals surface area contributed by atoms with Gasteiger partial charge in [-0.25, -0.2) is 12.7 Å². The summed E-state index contributed by atoms with van der Waals surface area (Å²) in [6.07, 6.45) is 1.86. The molecule has 3 atom stereocenters. The van der Waals surface area contributed by atoms with Gasteiger partial charge in [-0.2, -0.15) is 0 Å². The first-order valence-corrected chi connectivity index (χ1v) is 11.3. The normalized spacial score (nSPS) is 25.0. The van der Waals surface area contributed by atoms with Gasteiger partial charge in [0.05, 0.1) is 5.75 Å². The van der Waals surface area contributed by atoms with E-state index >= 15 is 0 Å². The minimum Gasteiger partial charge on any atom is -0.360 e. The van der Waals surface area contributed by atoms with Crippen LogP contribution in [0.3, 0.4) is 0 Å². The van der Waals surface area contributed by atoms with Crippen molar-refractivity contribution in [1.82, 2.24) is 14.8 Å². The maximum absolute atomic E-state index is 13.1. The van der Waals surface area contributed by atoms with E-state index in [1.807, 2.05) is 30.3 Å². The highest BCUT2D eigenvalue weighted by Gasteiger charge is 2.45. The van der Waals surface area contributed by atoms with Crippen LogP contribution in [-0.4, -0.2) is 48.7 Å². The minimum absolute atomic E-state index is 0.0197. The van der Waals surface area contributed by atoms with E-state index in [4.69, 9.17) is 4.52 Å². The van der Waals surface area contributed by atoms with Crippen molar-refractivity contribution < 1.29 is 17.7 Å². The lowest BCUT2D eigenvalue weighted by Gasteiger charge is -2.37. The van der Waals surface area contributed by atoms with Crippen LogP contribution in [0, 0.1) is 18.8 Å². The quantitative estimate of drug-likeness (QED) is 0.828. The Bertz CT molecular complexity index is 957. The van der Waals surface area contributed by atoms with Crippen LogP contribution in [-0.2, 0) is 10.0 Å². The van der Waals surface area contributed by atoms with Gasteiger partial charge < -0.3 is 9.84 Å². The van der Waals surface area contributed by atoms with Crippen LogP contribution < -0.4 is 5.32 Å². The van der Waals surface area contributed by atoms with E-state index in [2.05, 4.69) is 10.5 Å². The Kier molecular flexibility index (Phi) is 5.01. The van der Waals surface area contributed by atoms with Crippen molar-refractivity contribution in [2.24, 2.45) is 11.8 Å². The number of sulfonamides is 1. The topological polar surface area (TPSA) is 92.5 Å². The zero-order chi connectivity index (χ0) is 19.9. The number of hydrogen-bond acceptors (Lipinski definition) is 5. The van der Waals surface area contributed by atoms with Crippen molar-refractivity contribution >= 4 is 15.9 Å². The largest absolute Gasteiger partial charge is 0.360 e. The lowest BCUT2D eigenvalue weighted by atomic mass is 9.93. The third-order valence-electron chi connectivity index (χ3n) is 5.99. The summed E-state index contributed by atoms with van der Waals surface area (Å²) >= 11 is 0. The first kappa shape index (κ1) is 19.1. The Morgan fingerprint density at radius 1 is 1.21 bits per heavy atom. The second-order valence-corrected chi connectivity index (χ2v) is 9.90. The zero-order valence-electron chi connectivity index (χ0n) is 16.1. The number of fused-ring (bicyclic) bond motifs is 2. The second kappa shape index (κ2) is 7.33. The lowest BCUT2D eigenvalue weighted by Crippen LogP contribution is -2.54. The molecule has 1 N–H and O–H groups in total. The van der Waals surface area contributed by atoms with Crippen molar-refractivity contribution in [1.29, 1.82) is 0 Å². The fourth-order valence-corrected chi connectivity index (χ4v) is 5.68. The van der Waals surface area contributed by atoms with Crippen LogP contribution in [0.5, 0.6) is 0 Å². The van der Waals surface area contributed by atoms with Crippen LogP contribution >= 0.6 is 0 Å². The lowest BCUT2D eigenvalue weighted by molar-refractivity contribution is 0.0886. The maximum atomic E-state index is 13.1. The zero-order valence-corrected chi connectivity index (χ0v) is 16.9. The van der Waals surface area contributed by atoms with Gasteiger partial charge in [-0.05, 0) is 38.5 Å². The van der Waals surface area contributed by atoms with Gasteiger partial charge in [-0.3, -0.25) is 4.79 Å². The minimum atomic E-state index is -3.20. The first-order chi connectivity index (χ1) is 13.4. The molecule has 1 aliphatic carbocycles. The number of rotatable bonds is 5. The van der Waals surface area contributed by atoms with Crippen molar-refractivity contribution in [2.75, 3.05) is 18.8 Å². The number of aryl methyl sites for hydroxylation is 1. The summed E-state index contributed by atoms with van der Waals surface area (Å²) < 4.78 is 31.4. The molecule has 1 aromatic carbocycles. The molecule has 2 fully saturated rings. The van der Waals surface area contributed by atoms with E-state index in [9.17, 15) is 13.2 Å². The fourth-order valence-electron chi connectivity index (χ4n) is 4.48. The molecule has 8 heteroatoms. The van der Waals surface area contributed by atoms with Crippen molar-refractivity contribution in [3.8, 4) is 11.3 Å². The molecule has 28 heavy (non-hydrogen) atoms. The number of benzene rings is 1. The fraction of sp³-hybridized carbons (Fsp3) is 0.500. The number of hydrogen-bond donors (Lipinski definition) is 1. The molecule has 1 unspecified atom stereocenters. The first-order valence-electron chi connectivity index (χ1n) is 9.71. The van der Waals surface area contributed by atoms with Gasteiger partial charge in [-0.1, -0.05) is 35.5 Å². The van der Waals surface area contributed by atoms with E-state index in [-0.39, 0.29) is 29.5 Å². The number of nitrogens with one attached hydrogen (secondary N) is 1. The van der Waals surface area contributed by atoms with Crippen molar-refractivity contribution in [3.63, 3.8) is 0 Å². The standard InChI is InChI=1S/C20H25N3O4S/c1-3-28(25,26)23-11-15-9-10-16(12-23)18(15)21-20(24)17-13(2)27-22-19(17)14-7-5-4-6-8-14/h4-8,15-16,18H,3,9-12H2,1-2H3,(H,21,24)/t15-,16+,18?. The number of nitrogens with zero attached hydrogens (tertiary/aromatic N) is 2. The highest BCUT2D eigenvalue weighted by molar-refractivity contribution is 7.89. The summed E-state index contributed by atoms with van der Waals surface area (Å²) in [4.78, 5) is 13.1. The molecule has 1 amide bonds. The van der Waals surface area contributed by atoms with Gasteiger partial charge in [0.2, 0.25) is 10.0 Å². The van der Waals surface area contributed by atoms with Crippen molar-refractivity contribution in [2.45, 2.75) is 32.7 Å². The Morgan fingerprint density at radius 3 is 2.46 bits per heavy atom. The summed E-state index contributed by atoms with van der Waals surface area (Å²) in [5, 5.41) is 7.25. The van der Waals surface area contributed by atoms with E-state index < -0.39 is 10.0 Å². The number of aromatic nitrogens is 1. The molecule has 4 rings (SSSR count). The highest BCUT2D eigenvalue weighted by atomic mass is 32.2. The Labute approximate surface area is 165 Å². The molecule has 1 saturated carbocycles. The van der Waals surface area contributed by atoms with E-state index in [0.29, 0.717) is 30.1 Å². The SMILES string of the molecule is CCS(=O)(=O)N1C[C@H]2CC[C@@H](C1)C2NC(=O)c1c(-c2ccccc2)noc1C. The third kappa shape index (κ3) is 3.35. The molecule has 150 valence electrons. The predicted octanol–water partition coefficient (Wildman–Crippen LogP) is 2.44. The summed E-state index contributed by atoms with van der Waals surface area (Å²) in [6, 6.07) is 9.47. The molecule has 2 heterocycles. The smallest absolute Gasteiger partial charge is 0.257 e. The van der Waals surface area contributed by atoms with Crippen LogP contribution in [0.25, 0.3) is 11.3 Å². The highest BCUT2D eigenvalue weighted by Crippen LogP contribution is 2.38. The molecule has 1 saturated heterocycles. The monoisotopic (exact) mass is 403 g/mol. The van der Waals surface area contributed by atoms with Crippen LogP contribution in [0.15, 0.2) is 34.9 Å². The molecule has 2 aliphatic rings. The molecule has 7 nitrogen and oxygen atoms in total. The van der Waals surface area contributed by atoms with Gasteiger partial charge in [0, 0.05) is 24.7 Å². The number of amides is 1. The third-order valence-corrected chi connectivity index (χ3v) is 7.81. The van der Waals surface area contributed by atoms with E-state index in [1.165, 1.54) is 0 Å². The average molecular weight is 404 g/mol. The number of carbonyl (C=O) groups is 1. The van der Waals surface area contributed by atoms with E-state index in [1.54, 1.807) is 18.2 Å². The maximum Gasteiger partial charge on any atom is 0.257 e. The van der Waals surface area contributed by atoms with Gasteiger partial charge in [-0.15, -0.1) is 0 Å². The molecule has 2 bridgehead atoms. The Hall–Kier alpha value is -2.19. The summed E-state index contributed by atoms with van der Waals surface area (Å²) in [6.45, 7) is 4.36. The Balaban J connectivity index is 1.54. The predicted molar refractivity (Wildman–Crippen MR) is 105 cm³/mol. The Morgan fingerprint density at radius 2 is 1.86 bits per heavy atom. The molecule has 0 spiro atoms.